The minimum absolute atomic E-state index is 0.288. The number of hydrogen-bond acceptors (Lipinski definition) is 2. The molecule has 0 aliphatic carbocycles. The molecule has 0 aliphatic rings. The standard InChI is InChI=1S/C13H19Cl2NO2.C10H17N/c1-5-18-13(17)10-9(4)16(7-6-8(2)3)12(15)11(10)14;1-9(2)6-8-11-7-4-5-10(11)3/h8H,5-7H2,1-4H3;4-5,7,9H,6,8H2,1-3H3. The summed E-state index contributed by atoms with van der Waals surface area (Å²) < 4.78 is 9.16. The zero-order valence-corrected chi connectivity index (χ0v) is 20.4. The lowest BCUT2D eigenvalue weighted by atomic mass is 10.1. The molecule has 0 fully saturated rings. The van der Waals surface area contributed by atoms with Crippen molar-refractivity contribution in [1.29, 1.82) is 0 Å². The van der Waals surface area contributed by atoms with Crippen LogP contribution in [0.4, 0.5) is 0 Å². The molecule has 0 saturated carbocycles. The van der Waals surface area contributed by atoms with Crippen molar-refractivity contribution in [3.8, 4) is 0 Å². The van der Waals surface area contributed by atoms with Crippen LogP contribution in [0.1, 0.15) is 69.2 Å². The molecule has 0 spiro atoms. The van der Waals surface area contributed by atoms with Crippen molar-refractivity contribution in [1.82, 2.24) is 9.13 Å². The molecule has 0 N–H and O–H groups in total. The number of rotatable bonds is 8. The summed E-state index contributed by atoms with van der Waals surface area (Å²) in [6.45, 7) is 16.8. The minimum atomic E-state index is -0.412. The van der Waals surface area contributed by atoms with Gasteiger partial charge in [0.05, 0.1) is 11.6 Å². The third kappa shape index (κ3) is 7.75. The number of esters is 1. The Bertz CT molecular complexity index is 776. The van der Waals surface area contributed by atoms with Gasteiger partial charge in [0, 0.05) is 30.7 Å². The fourth-order valence-corrected chi connectivity index (χ4v) is 3.53. The summed E-state index contributed by atoms with van der Waals surface area (Å²) in [5.74, 6) is 0.953. The Morgan fingerprint density at radius 3 is 2.14 bits per heavy atom. The molecule has 4 nitrogen and oxygen atoms in total. The number of carbonyl (C=O) groups is 1. The van der Waals surface area contributed by atoms with Crippen LogP contribution in [0.5, 0.6) is 0 Å². The number of hydrogen-bond donors (Lipinski definition) is 0. The summed E-state index contributed by atoms with van der Waals surface area (Å²) in [7, 11) is 0. The fraction of sp³-hybridized carbons (Fsp3) is 0.609. The van der Waals surface area contributed by atoms with E-state index in [1.54, 1.807) is 6.92 Å². The van der Waals surface area contributed by atoms with Gasteiger partial charge in [-0.2, -0.15) is 0 Å². The molecule has 2 aromatic heterocycles. The first-order valence-electron chi connectivity index (χ1n) is 10.4. The highest BCUT2D eigenvalue weighted by Gasteiger charge is 2.23. The normalized spacial score (nSPS) is 11.0. The predicted octanol–water partition coefficient (Wildman–Crippen LogP) is 7.17. The van der Waals surface area contributed by atoms with E-state index >= 15 is 0 Å². The Morgan fingerprint density at radius 1 is 1.07 bits per heavy atom. The van der Waals surface area contributed by atoms with Crippen molar-refractivity contribution in [2.24, 2.45) is 11.8 Å². The van der Waals surface area contributed by atoms with Crippen LogP contribution in [0, 0.1) is 25.7 Å². The van der Waals surface area contributed by atoms with Crippen molar-refractivity contribution in [2.75, 3.05) is 6.61 Å². The van der Waals surface area contributed by atoms with Crippen LogP contribution in [0.2, 0.25) is 10.2 Å². The summed E-state index contributed by atoms with van der Waals surface area (Å²) in [6.07, 6.45) is 4.40. The van der Waals surface area contributed by atoms with Crippen LogP contribution in [-0.4, -0.2) is 21.7 Å². The van der Waals surface area contributed by atoms with Gasteiger partial charge in [0.15, 0.2) is 0 Å². The molecule has 2 rings (SSSR count). The Labute approximate surface area is 186 Å². The average molecular weight is 443 g/mol. The highest BCUT2D eigenvalue weighted by atomic mass is 35.5. The van der Waals surface area contributed by atoms with Crippen LogP contribution < -0.4 is 0 Å². The highest BCUT2D eigenvalue weighted by Crippen LogP contribution is 2.32. The number of aryl methyl sites for hydroxylation is 2. The number of aromatic nitrogens is 2. The van der Waals surface area contributed by atoms with Gasteiger partial charge in [-0.25, -0.2) is 4.79 Å². The van der Waals surface area contributed by atoms with Gasteiger partial charge in [-0.3, -0.25) is 0 Å². The zero-order valence-electron chi connectivity index (χ0n) is 18.9. The summed E-state index contributed by atoms with van der Waals surface area (Å²) in [5.41, 5.74) is 2.52. The topological polar surface area (TPSA) is 36.2 Å². The van der Waals surface area contributed by atoms with E-state index in [0.29, 0.717) is 23.2 Å². The molecule has 0 amide bonds. The van der Waals surface area contributed by atoms with Gasteiger partial charge < -0.3 is 13.9 Å². The van der Waals surface area contributed by atoms with Crippen LogP contribution >= 0.6 is 23.2 Å². The van der Waals surface area contributed by atoms with Crippen LogP contribution in [0.25, 0.3) is 0 Å². The van der Waals surface area contributed by atoms with E-state index in [2.05, 4.69) is 57.5 Å². The largest absolute Gasteiger partial charge is 0.462 e. The lowest BCUT2D eigenvalue weighted by Crippen LogP contribution is -2.08. The second-order valence-corrected chi connectivity index (χ2v) is 8.88. The number of halogens is 2. The van der Waals surface area contributed by atoms with Gasteiger partial charge in [0.25, 0.3) is 0 Å². The van der Waals surface area contributed by atoms with E-state index in [4.69, 9.17) is 27.9 Å². The van der Waals surface area contributed by atoms with Crippen molar-refractivity contribution >= 4 is 29.2 Å². The monoisotopic (exact) mass is 442 g/mol. The summed E-state index contributed by atoms with van der Waals surface area (Å²) in [4.78, 5) is 11.8. The number of carbonyl (C=O) groups excluding carboxylic acids is 1. The Kier molecular flexibility index (Phi) is 10.9. The molecule has 0 atom stereocenters. The lowest BCUT2D eigenvalue weighted by molar-refractivity contribution is 0.0525. The maximum absolute atomic E-state index is 11.8. The first-order valence-corrected chi connectivity index (χ1v) is 11.2. The second kappa shape index (κ2) is 12.3. The molecule has 0 saturated heterocycles. The maximum atomic E-state index is 11.8. The molecule has 0 radical (unpaired) electrons. The van der Waals surface area contributed by atoms with E-state index < -0.39 is 5.97 Å². The van der Waals surface area contributed by atoms with Gasteiger partial charge in [-0.1, -0.05) is 50.9 Å². The molecule has 2 aromatic rings. The highest BCUT2D eigenvalue weighted by molar-refractivity contribution is 6.43. The minimum Gasteiger partial charge on any atom is -0.462 e. The smallest absolute Gasteiger partial charge is 0.341 e. The molecule has 0 aromatic carbocycles. The quantitative estimate of drug-likeness (QED) is 0.406. The molecule has 164 valence electrons. The molecule has 2 heterocycles. The molecule has 29 heavy (non-hydrogen) atoms. The third-order valence-electron chi connectivity index (χ3n) is 4.82. The number of ether oxygens (including phenoxy) is 1. The summed E-state index contributed by atoms with van der Waals surface area (Å²) in [5, 5.41) is 0.703. The van der Waals surface area contributed by atoms with Gasteiger partial charge in [-0.05, 0) is 57.6 Å². The molecule has 0 unspecified atom stereocenters. The first-order chi connectivity index (χ1) is 13.6. The molecular formula is C23H36Cl2N2O2. The third-order valence-corrected chi connectivity index (χ3v) is 5.68. The second-order valence-electron chi connectivity index (χ2n) is 8.15. The molecule has 0 bridgehead atoms. The average Bonchev–Trinajstić information content (AvgIpc) is 3.13. The van der Waals surface area contributed by atoms with E-state index in [0.717, 1.165) is 31.1 Å². The van der Waals surface area contributed by atoms with Crippen molar-refractivity contribution in [3.05, 3.63) is 45.5 Å². The van der Waals surface area contributed by atoms with E-state index in [1.807, 2.05) is 11.5 Å². The maximum Gasteiger partial charge on any atom is 0.341 e. The first kappa shape index (κ1) is 25.6. The van der Waals surface area contributed by atoms with Gasteiger partial charge in [0.1, 0.15) is 10.7 Å². The van der Waals surface area contributed by atoms with E-state index in [9.17, 15) is 4.79 Å². The van der Waals surface area contributed by atoms with Gasteiger partial charge in [0.2, 0.25) is 0 Å². The van der Waals surface area contributed by atoms with Gasteiger partial charge >= 0.3 is 5.97 Å². The van der Waals surface area contributed by atoms with Crippen LogP contribution in [0.3, 0.4) is 0 Å². The van der Waals surface area contributed by atoms with Crippen molar-refractivity contribution in [3.63, 3.8) is 0 Å². The molecular weight excluding hydrogens is 407 g/mol. The van der Waals surface area contributed by atoms with Gasteiger partial charge in [-0.15, -0.1) is 0 Å². The molecule has 6 heteroatoms. The zero-order chi connectivity index (χ0) is 22.1. The summed E-state index contributed by atoms with van der Waals surface area (Å²) in [6, 6.07) is 4.26. The van der Waals surface area contributed by atoms with Crippen LogP contribution in [-0.2, 0) is 17.8 Å². The van der Waals surface area contributed by atoms with E-state index in [-0.39, 0.29) is 5.02 Å². The van der Waals surface area contributed by atoms with E-state index in [1.165, 1.54) is 12.1 Å². The predicted molar refractivity (Wildman–Crippen MR) is 123 cm³/mol. The summed E-state index contributed by atoms with van der Waals surface area (Å²) >= 11 is 12.3. The lowest BCUT2D eigenvalue weighted by Gasteiger charge is -2.10. The van der Waals surface area contributed by atoms with Crippen molar-refractivity contribution < 1.29 is 9.53 Å². The SMILES string of the molecule is CCOC(=O)c1c(Cl)c(Cl)n(CCC(C)C)c1C.Cc1cccn1CCC(C)C. The van der Waals surface area contributed by atoms with Crippen molar-refractivity contribution in [2.45, 2.75) is 74.4 Å². The Morgan fingerprint density at radius 2 is 1.66 bits per heavy atom. The van der Waals surface area contributed by atoms with Crippen LogP contribution in [0.15, 0.2) is 18.3 Å². The Hall–Kier alpha value is -1.39. The fourth-order valence-electron chi connectivity index (χ4n) is 2.90. The molecule has 0 aliphatic heterocycles. The Balaban J connectivity index is 0.000000326. The number of nitrogens with zero attached hydrogens (tertiary/aromatic N) is 2.